The summed E-state index contributed by atoms with van der Waals surface area (Å²) >= 11 is 0. The Kier molecular flexibility index (Phi) is 5.80. The van der Waals surface area contributed by atoms with Crippen molar-refractivity contribution in [3.63, 3.8) is 0 Å². The van der Waals surface area contributed by atoms with Gasteiger partial charge in [-0.25, -0.2) is 4.79 Å². The summed E-state index contributed by atoms with van der Waals surface area (Å²) in [7, 11) is 0. The molecule has 0 radical (unpaired) electrons. The maximum Gasteiger partial charge on any atom is 0.336 e. The van der Waals surface area contributed by atoms with E-state index in [2.05, 4.69) is 15.3 Å². The number of nitrogens with one attached hydrogen (secondary N) is 1. The molecule has 1 atom stereocenters. The second kappa shape index (κ2) is 8.84. The molecule has 32 heavy (non-hydrogen) atoms. The molecule has 1 aromatic carbocycles. The maximum absolute atomic E-state index is 13.0. The lowest BCUT2D eigenvalue weighted by Gasteiger charge is -2.31. The molecular formula is C23H20N4O5. The summed E-state index contributed by atoms with van der Waals surface area (Å²) in [6.45, 7) is 3.67. The Morgan fingerprint density at radius 1 is 1.28 bits per heavy atom. The van der Waals surface area contributed by atoms with Gasteiger partial charge in [0.25, 0.3) is 5.69 Å². The molecule has 9 nitrogen and oxygen atoms in total. The van der Waals surface area contributed by atoms with E-state index >= 15 is 0 Å². The van der Waals surface area contributed by atoms with Crippen molar-refractivity contribution in [2.45, 2.75) is 19.8 Å². The summed E-state index contributed by atoms with van der Waals surface area (Å²) in [5, 5.41) is 14.7. The van der Waals surface area contributed by atoms with Gasteiger partial charge in [-0.15, -0.1) is 0 Å². The molecule has 0 aliphatic carbocycles. The molecule has 9 heteroatoms. The maximum atomic E-state index is 13.0. The standard InChI is InChI=1S/C23H20N4O5/c1-3-31-23(28)19-14(2)26-22(18-8-5-11-32-18)21(17-13-24-9-10-25-17)20(19)15-6-4-7-16(12-15)27(29)30/h4-13,20,26H,3H2,1-2H3. The van der Waals surface area contributed by atoms with Gasteiger partial charge in [0.05, 0.1) is 41.0 Å². The van der Waals surface area contributed by atoms with Gasteiger partial charge in [-0.2, -0.15) is 0 Å². The van der Waals surface area contributed by atoms with Crippen LogP contribution < -0.4 is 5.32 Å². The van der Waals surface area contributed by atoms with Crippen LogP contribution in [0.5, 0.6) is 0 Å². The van der Waals surface area contributed by atoms with Gasteiger partial charge >= 0.3 is 5.97 Å². The highest BCUT2D eigenvalue weighted by Crippen LogP contribution is 2.46. The van der Waals surface area contributed by atoms with Crippen LogP contribution in [0.15, 0.2) is 76.9 Å². The van der Waals surface area contributed by atoms with E-state index in [-0.39, 0.29) is 12.3 Å². The van der Waals surface area contributed by atoms with Crippen LogP contribution in [-0.4, -0.2) is 27.5 Å². The number of hydrogen-bond donors (Lipinski definition) is 1. The number of dihydropyridines is 1. The molecule has 0 saturated heterocycles. The summed E-state index contributed by atoms with van der Waals surface area (Å²) < 4.78 is 11.0. The number of furan rings is 1. The first-order chi connectivity index (χ1) is 15.5. The van der Waals surface area contributed by atoms with Crippen molar-refractivity contribution < 1.29 is 18.9 Å². The number of ether oxygens (including phenoxy) is 1. The highest BCUT2D eigenvalue weighted by atomic mass is 16.6. The van der Waals surface area contributed by atoms with E-state index < -0.39 is 16.8 Å². The molecule has 0 fully saturated rings. The highest BCUT2D eigenvalue weighted by molar-refractivity contribution is 6.03. The number of hydrogen-bond acceptors (Lipinski definition) is 8. The number of rotatable bonds is 6. The summed E-state index contributed by atoms with van der Waals surface area (Å²) in [5.41, 5.74) is 3.05. The van der Waals surface area contributed by atoms with Crippen LogP contribution in [0.1, 0.15) is 36.8 Å². The van der Waals surface area contributed by atoms with E-state index in [1.165, 1.54) is 12.1 Å². The Morgan fingerprint density at radius 2 is 2.12 bits per heavy atom. The first-order valence-electron chi connectivity index (χ1n) is 9.95. The molecule has 0 saturated carbocycles. The normalized spacial score (nSPS) is 16.0. The van der Waals surface area contributed by atoms with Crippen molar-refractivity contribution in [1.29, 1.82) is 0 Å². The van der Waals surface area contributed by atoms with Gasteiger partial charge < -0.3 is 14.5 Å². The Balaban J connectivity index is 2.02. The van der Waals surface area contributed by atoms with Crippen molar-refractivity contribution >= 4 is 22.9 Å². The van der Waals surface area contributed by atoms with Crippen LogP contribution in [0.3, 0.4) is 0 Å². The number of non-ortho nitro benzene ring substituents is 1. The number of benzene rings is 1. The molecule has 3 heterocycles. The molecule has 1 aliphatic rings. The average molecular weight is 432 g/mol. The van der Waals surface area contributed by atoms with Crippen LogP contribution in [0, 0.1) is 10.1 Å². The average Bonchev–Trinajstić information content (AvgIpc) is 3.34. The first-order valence-corrected chi connectivity index (χ1v) is 9.95. The number of aromatic nitrogens is 2. The molecule has 0 bridgehead atoms. The van der Waals surface area contributed by atoms with Crippen molar-refractivity contribution in [2.24, 2.45) is 0 Å². The summed E-state index contributed by atoms with van der Waals surface area (Å²) in [4.78, 5) is 32.7. The van der Waals surface area contributed by atoms with Crippen LogP contribution in [0.2, 0.25) is 0 Å². The number of nitro benzene ring substituents is 1. The number of allylic oxidation sites excluding steroid dienone is 2. The van der Waals surface area contributed by atoms with Crippen molar-refractivity contribution in [3.8, 4) is 0 Å². The Bertz CT molecular complexity index is 1220. The molecule has 1 aliphatic heterocycles. The summed E-state index contributed by atoms with van der Waals surface area (Å²) in [5.74, 6) is -0.691. The van der Waals surface area contributed by atoms with Gasteiger partial charge in [0.1, 0.15) is 5.76 Å². The van der Waals surface area contributed by atoms with E-state index in [0.29, 0.717) is 39.6 Å². The zero-order valence-corrected chi connectivity index (χ0v) is 17.4. The molecule has 1 N–H and O–H groups in total. The zero-order valence-electron chi connectivity index (χ0n) is 17.4. The van der Waals surface area contributed by atoms with Gasteiger partial charge in [0.15, 0.2) is 0 Å². The minimum Gasteiger partial charge on any atom is -0.463 e. The third-order valence-electron chi connectivity index (χ3n) is 5.08. The molecule has 4 rings (SSSR count). The van der Waals surface area contributed by atoms with Crippen LogP contribution in [0.4, 0.5) is 5.69 Å². The topological polar surface area (TPSA) is 120 Å². The van der Waals surface area contributed by atoms with Gasteiger partial charge in [-0.05, 0) is 31.5 Å². The lowest BCUT2D eigenvalue weighted by atomic mass is 9.78. The second-order valence-electron chi connectivity index (χ2n) is 7.03. The van der Waals surface area contributed by atoms with Gasteiger partial charge in [0.2, 0.25) is 0 Å². The van der Waals surface area contributed by atoms with Gasteiger partial charge in [0, 0.05) is 41.7 Å². The van der Waals surface area contributed by atoms with Crippen LogP contribution in [-0.2, 0) is 9.53 Å². The highest BCUT2D eigenvalue weighted by Gasteiger charge is 2.38. The summed E-state index contributed by atoms with van der Waals surface area (Å²) in [6, 6.07) is 9.73. The largest absolute Gasteiger partial charge is 0.463 e. The summed E-state index contributed by atoms with van der Waals surface area (Å²) in [6.07, 6.45) is 6.21. The smallest absolute Gasteiger partial charge is 0.336 e. The first kappa shape index (κ1) is 21.0. The monoisotopic (exact) mass is 432 g/mol. The number of carbonyl (C=O) groups excluding carboxylic acids is 1. The van der Waals surface area contributed by atoms with E-state index in [1.54, 1.807) is 63.0 Å². The molecular weight excluding hydrogens is 412 g/mol. The lowest BCUT2D eigenvalue weighted by molar-refractivity contribution is -0.384. The predicted molar refractivity (Wildman–Crippen MR) is 116 cm³/mol. The van der Waals surface area contributed by atoms with Gasteiger partial charge in [-0.1, -0.05) is 12.1 Å². The predicted octanol–water partition coefficient (Wildman–Crippen LogP) is 4.07. The molecule has 162 valence electrons. The quantitative estimate of drug-likeness (QED) is 0.352. The minimum atomic E-state index is -0.702. The molecule has 0 amide bonds. The second-order valence-corrected chi connectivity index (χ2v) is 7.03. The van der Waals surface area contributed by atoms with E-state index in [4.69, 9.17) is 9.15 Å². The SMILES string of the molecule is CCOC(=O)C1=C(C)NC(c2ccco2)=C(c2cnccn2)C1c1cccc([N+](=O)[O-])c1. The van der Waals surface area contributed by atoms with Gasteiger partial charge in [-0.3, -0.25) is 20.1 Å². The fourth-order valence-electron chi connectivity index (χ4n) is 3.79. The van der Waals surface area contributed by atoms with Crippen LogP contribution >= 0.6 is 0 Å². The van der Waals surface area contributed by atoms with Crippen molar-refractivity contribution in [1.82, 2.24) is 15.3 Å². The number of carbonyl (C=O) groups is 1. The lowest BCUT2D eigenvalue weighted by Crippen LogP contribution is -2.29. The van der Waals surface area contributed by atoms with E-state index in [0.717, 1.165) is 0 Å². The molecule has 1 unspecified atom stereocenters. The molecule has 0 spiro atoms. The fraction of sp³-hybridized carbons (Fsp3) is 0.174. The van der Waals surface area contributed by atoms with E-state index in [1.807, 2.05) is 0 Å². The van der Waals surface area contributed by atoms with Crippen LogP contribution in [0.25, 0.3) is 11.3 Å². The zero-order chi connectivity index (χ0) is 22.7. The molecule has 3 aromatic rings. The van der Waals surface area contributed by atoms with Crippen molar-refractivity contribution in [3.05, 3.63) is 99.7 Å². The fourth-order valence-corrected chi connectivity index (χ4v) is 3.79. The van der Waals surface area contributed by atoms with E-state index in [9.17, 15) is 14.9 Å². The third-order valence-corrected chi connectivity index (χ3v) is 5.08. The number of nitro groups is 1. The Morgan fingerprint density at radius 3 is 2.78 bits per heavy atom. The number of esters is 1. The number of nitrogens with zero attached hydrogens (tertiary/aromatic N) is 3. The molecule has 2 aromatic heterocycles. The Hall–Kier alpha value is -4.27. The van der Waals surface area contributed by atoms with Crippen molar-refractivity contribution in [2.75, 3.05) is 6.61 Å². The Labute approximate surface area is 183 Å². The third kappa shape index (κ3) is 3.87. The minimum absolute atomic E-state index is 0.0834.